The van der Waals surface area contributed by atoms with Crippen molar-refractivity contribution in [1.82, 2.24) is 19.6 Å². The smallest absolute Gasteiger partial charge is 0.458 e. The lowest BCUT2D eigenvalue weighted by Crippen LogP contribution is -2.32. The van der Waals surface area contributed by atoms with Gasteiger partial charge in [-0.1, -0.05) is 51.9 Å². The molecule has 0 spiro atoms. The molecule has 0 bridgehead atoms. The zero-order valence-electron chi connectivity index (χ0n) is 17.6. The van der Waals surface area contributed by atoms with Crippen molar-refractivity contribution in [2.45, 2.75) is 20.4 Å². The number of hydrogen-bond acceptors (Lipinski definition) is 4. The highest BCUT2D eigenvalue weighted by molar-refractivity contribution is 5.92. The highest BCUT2D eigenvalue weighted by Gasteiger charge is 2.25. The average molecular weight is 412 g/mol. The fraction of sp³-hybridized carbons (Fsp3) is 0.167. The molecule has 2 aromatic carbocycles. The number of nitrogens with one attached hydrogen (secondary N) is 1. The van der Waals surface area contributed by atoms with Crippen LogP contribution in [0.1, 0.15) is 17.0 Å². The molecular formula is C24H22N5O2+. The van der Waals surface area contributed by atoms with Crippen molar-refractivity contribution in [3.63, 3.8) is 0 Å². The van der Waals surface area contributed by atoms with Crippen LogP contribution in [0.3, 0.4) is 0 Å². The molecule has 7 nitrogen and oxygen atoms in total. The molecule has 0 aliphatic rings. The van der Waals surface area contributed by atoms with E-state index in [1.54, 1.807) is 22.4 Å². The molecule has 5 rings (SSSR count). The standard InChI is InChI=1S/C24H21N5O2/c1-15-8-10-17(11-9-15)14-28-13-12-19-21(23(28)30)22(18-6-4-5-7-20(18)31-3)29-24(26-19)25-16(2)27-29/h4-13H,14H2,1-3H3/p+1. The highest BCUT2D eigenvalue weighted by Crippen LogP contribution is 2.30. The molecule has 0 amide bonds. The minimum atomic E-state index is -0.117. The summed E-state index contributed by atoms with van der Waals surface area (Å²) in [6.07, 6.45) is 1.79. The van der Waals surface area contributed by atoms with Crippen molar-refractivity contribution in [3.8, 4) is 17.0 Å². The van der Waals surface area contributed by atoms with E-state index in [1.807, 2.05) is 56.3 Å². The van der Waals surface area contributed by atoms with E-state index >= 15 is 0 Å². The lowest BCUT2D eigenvalue weighted by molar-refractivity contribution is -0.567. The quantitative estimate of drug-likeness (QED) is 0.460. The number of aryl methyl sites for hydroxylation is 2. The predicted octanol–water partition coefficient (Wildman–Crippen LogP) is 3.20. The van der Waals surface area contributed by atoms with E-state index in [0.717, 1.165) is 11.1 Å². The molecule has 0 saturated heterocycles. The number of methoxy groups -OCH3 is 1. The van der Waals surface area contributed by atoms with Crippen molar-refractivity contribution in [2.24, 2.45) is 0 Å². The fourth-order valence-corrected chi connectivity index (χ4v) is 3.88. The van der Waals surface area contributed by atoms with Gasteiger partial charge in [0.1, 0.15) is 11.1 Å². The number of H-pyrrole nitrogens is 1. The first-order chi connectivity index (χ1) is 15.0. The van der Waals surface area contributed by atoms with E-state index in [-0.39, 0.29) is 5.56 Å². The summed E-state index contributed by atoms with van der Waals surface area (Å²) >= 11 is 0. The first-order valence-electron chi connectivity index (χ1n) is 10.1. The maximum absolute atomic E-state index is 13.7. The Labute approximate surface area is 178 Å². The number of nitrogens with zero attached hydrogens (tertiary/aromatic N) is 4. The first kappa shape index (κ1) is 19.0. The van der Waals surface area contributed by atoms with Crippen molar-refractivity contribution >= 4 is 16.7 Å². The Morgan fingerprint density at radius 2 is 1.81 bits per heavy atom. The minimum Gasteiger partial charge on any atom is -0.496 e. The van der Waals surface area contributed by atoms with Gasteiger partial charge in [0.05, 0.1) is 19.2 Å². The van der Waals surface area contributed by atoms with E-state index in [0.29, 0.717) is 40.5 Å². The maximum atomic E-state index is 13.7. The molecular weight excluding hydrogens is 390 g/mol. The third-order valence-electron chi connectivity index (χ3n) is 5.40. The van der Waals surface area contributed by atoms with Crippen molar-refractivity contribution in [1.29, 1.82) is 0 Å². The van der Waals surface area contributed by atoms with Crippen molar-refractivity contribution < 1.29 is 9.25 Å². The molecule has 154 valence electrons. The molecule has 0 fully saturated rings. The van der Waals surface area contributed by atoms with Crippen molar-refractivity contribution in [2.75, 3.05) is 7.11 Å². The molecule has 0 aliphatic carbocycles. The van der Waals surface area contributed by atoms with E-state index in [4.69, 9.17) is 4.74 Å². The summed E-state index contributed by atoms with van der Waals surface area (Å²) in [6.45, 7) is 4.39. The molecule has 7 heteroatoms. The van der Waals surface area contributed by atoms with Crippen LogP contribution >= 0.6 is 0 Å². The summed E-state index contributed by atoms with van der Waals surface area (Å²) in [7, 11) is 1.62. The Bertz CT molecular complexity index is 1480. The summed E-state index contributed by atoms with van der Waals surface area (Å²) in [6, 6.07) is 17.7. The first-order valence-corrected chi connectivity index (χ1v) is 10.1. The Morgan fingerprint density at radius 3 is 2.58 bits per heavy atom. The zero-order chi connectivity index (χ0) is 21.5. The molecule has 3 aromatic heterocycles. The lowest BCUT2D eigenvalue weighted by Gasteiger charge is -2.11. The van der Waals surface area contributed by atoms with Crippen molar-refractivity contribution in [3.05, 3.63) is 88.1 Å². The van der Waals surface area contributed by atoms with Gasteiger partial charge in [0.25, 0.3) is 5.56 Å². The summed E-state index contributed by atoms with van der Waals surface area (Å²) in [5, 5.41) is 3.73. The van der Waals surface area contributed by atoms with Gasteiger partial charge in [-0.15, -0.1) is 4.52 Å². The third-order valence-corrected chi connectivity index (χ3v) is 5.40. The number of pyridine rings is 1. The number of benzene rings is 2. The zero-order valence-corrected chi connectivity index (χ0v) is 17.6. The molecule has 0 aliphatic heterocycles. The summed E-state index contributed by atoms with van der Waals surface area (Å²) in [5.41, 5.74) is 4.20. The van der Waals surface area contributed by atoms with Gasteiger partial charge in [-0.2, -0.15) is 0 Å². The number of ether oxygens (including phenoxy) is 1. The van der Waals surface area contributed by atoms with Crippen LogP contribution in [-0.4, -0.2) is 26.7 Å². The molecule has 31 heavy (non-hydrogen) atoms. The van der Waals surface area contributed by atoms with Crippen LogP contribution in [0.5, 0.6) is 5.75 Å². The summed E-state index contributed by atoms with van der Waals surface area (Å²) in [5.74, 6) is 1.88. The Kier molecular flexibility index (Phi) is 4.51. The van der Waals surface area contributed by atoms with Crippen LogP contribution in [0.25, 0.3) is 27.9 Å². The number of aromatic nitrogens is 5. The van der Waals surface area contributed by atoms with Gasteiger partial charge in [-0.25, -0.2) is 5.10 Å². The van der Waals surface area contributed by atoms with E-state index in [9.17, 15) is 4.79 Å². The van der Waals surface area contributed by atoms with Gasteiger partial charge in [0.15, 0.2) is 11.2 Å². The second-order valence-electron chi connectivity index (χ2n) is 7.60. The summed E-state index contributed by atoms with van der Waals surface area (Å²) < 4.78 is 9.07. The second kappa shape index (κ2) is 7.36. The van der Waals surface area contributed by atoms with E-state index in [1.165, 1.54) is 5.56 Å². The van der Waals surface area contributed by atoms with Crippen LogP contribution in [0.4, 0.5) is 0 Å². The number of para-hydroxylation sites is 1. The van der Waals surface area contributed by atoms with Gasteiger partial charge in [0.2, 0.25) is 5.82 Å². The molecule has 5 aromatic rings. The Balaban J connectivity index is 1.83. The van der Waals surface area contributed by atoms with E-state index < -0.39 is 0 Å². The Hall–Kier alpha value is -4.00. The van der Waals surface area contributed by atoms with Gasteiger partial charge in [-0.3, -0.25) is 4.79 Å². The van der Waals surface area contributed by atoms with Gasteiger partial charge >= 0.3 is 5.78 Å². The minimum absolute atomic E-state index is 0.117. The number of hydrogen-bond donors (Lipinski definition) is 1. The average Bonchev–Trinajstić information content (AvgIpc) is 3.15. The van der Waals surface area contributed by atoms with Gasteiger partial charge in [-0.05, 0) is 30.7 Å². The summed E-state index contributed by atoms with van der Waals surface area (Å²) in [4.78, 5) is 22.8. The molecule has 0 atom stereocenters. The van der Waals surface area contributed by atoms with Crippen LogP contribution in [0, 0.1) is 13.8 Å². The number of aromatic amines is 1. The third kappa shape index (κ3) is 3.24. The van der Waals surface area contributed by atoms with Gasteiger partial charge in [0, 0.05) is 13.1 Å². The topological polar surface area (TPSA) is 76.9 Å². The van der Waals surface area contributed by atoms with Crippen LogP contribution in [0.15, 0.2) is 65.6 Å². The largest absolute Gasteiger partial charge is 0.496 e. The fourth-order valence-electron chi connectivity index (χ4n) is 3.88. The van der Waals surface area contributed by atoms with Crippen LogP contribution in [-0.2, 0) is 6.54 Å². The SMILES string of the molecule is COc1ccccc1-c1c2c(=O)n(Cc3ccc(C)cc3)ccc2nc2nc(C)[nH][n+]12. The van der Waals surface area contributed by atoms with Crippen LogP contribution in [0.2, 0.25) is 0 Å². The molecule has 3 heterocycles. The maximum Gasteiger partial charge on any atom is 0.458 e. The Morgan fingerprint density at radius 1 is 1.03 bits per heavy atom. The number of rotatable bonds is 4. The lowest BCUT2D eigenvalue weighted by atomic mass is 10.1. The highest BCUT2D eigenvalue weighted by atomic mass is 16.5. The molecule has 0 saturated carbocycles. The van der Waals surface area contributed by atoms with Gasteiger partial charge < -0.3 is 9.30 Å². The van der Waals surface area contributed by atoms with Crippen LogP contribution < -0.4 is 14.8 Å². The second-order valence-corrected chi connectivity index (χ2v) is 7.60. The van der Waals surface area contributed by atoms with E-state index in [2.05, 4.69) is 27.2 Å². The molecule has 0 unspecified atom stereocenters. The monoisotopic (exact) mass is 412 g/mol. The molecule has 1 N–H and O–H groups in total. The normalized spacial score (nSPS) is 11.3. The molecule has 0 radical (unpaired) electrons. The number of fused-ring (bicyclic) bond motifs is 2. The predicted molar refractivity (Wildman–Crippen MR) is 118 cm³/mol.